The third-order valence-corrected chi connectivity index (χ3v) is 19.9. The van der Waals surface area contributed by atoms with Crippen molar-refractivity contribution in [2.24, 2.45) is 22.7 Å². The van der Waals surface area contributed by atoms with Gasteiger partial charge in [-0.15, -0.1) is 11.3 Å². The van der Waals surface area contributed by atoms with E-state index in [4.69, 9.17) is 24.2 Å². The van der Waals surface area contributed by atoms with E-state index in [9.17, 15) is 19.2 Å². The fraction of sp³-hybridized carbons (Fsp3) is 0.667. The topological polar surface area (TPSA) is 170 Å². The summed E-state index contributed by atoms with van der Waals surface area (Å²) in [5.41, 5.74) is 6.63. The maximum atomic E-state index is 15.2. The number of nitrogens with one attached hydrogen (secondary N) is 2. The van der Waals surface area contributed by atoms with E-state index in [1.807, 2.05) is 52.1 Å². The number of carbonyl (C=O) groups excluding carboxylic acids is 4. The molecule has 444 valence electrons. The number of likely N-dealkylation sites (N-methyl/N-ethyl adjacent to an activating group) is 1. The second-order valence-corrected chi connectivity index (χ2v) is 26.9. The molecule has 6 saturated heterocycles. The molecule has 6 bridgehead atoms. The molecule has 10 heterocycles. The number of likely N-dealkylation sites (tertiary alicyclic amines) is 2. The first-order chi connectivity index (χ1) is 39.2. The predicted octanol–water partition coefficient (Wildman–Crippen LogP) is 6.31. The van der Waals surface area contributed by atoms with Gasteiger partial charge < -0.3 is 33.9 Å². The molecule has 82 heavy (non-hydrogen) atoms. The third kappa shape index (κ3) is 11.4. The summed E-state index contributed by atoms with van der Waals surface area (Å²) in [5, 5.41) is 7.68. The van der Waals surface area contributed by atoms with Crippen LogP contribution in [0.4, 0.5) is 18.9 Å². The van der Waals surface area contributed by atoms with Gasteiger partial charge in [-0.25, -0.2) is 10.4 Å². The number of carbonyl (C=O) groups is 4. The maximum Gasteiger partial charge on any atom is 0.406 e. The van der Waals surface area contributed by atoms with Gasteiger partial charge in [-0.2, -0.15) is 13.2 Å². The number of pyridine rings is 1. The van der Waals surface area contributed by atoms with E-state index in [0.29, 0.717) is 134 Å². The van der Waals surface area contributed by atoms with Crippen LogP contribution < -0.4 is 15.6 Å². The molecule has 8 aliphatic rings. The van der Waals surface area contributed by atoms with Gasteiger partial charge in [0, 0.05) is 110 Å². The highest BCUT2D eigenvalue weighted by Crippen LogP contribution is 2.49. The van der Waals surface area contributed by atoms with Crippen LogP contribution in [0.1, 0.15) is 95.5 Å². The number of alkyl halides is 3. The van der Waals surface area contributed by atoms with Crippen molar-refractivity contribution in [1.82, 2.24) is 49.9 Å². The van der Waals surface area contributed by atoms with E-state index in [1.165, 1.54) is 33.8 Å². The Hall–Kier alpha value is -5.23. The lowest BCUT2D eigenvalue weighted by molar-refractivity contribution is -0.155. The Morgan fingerprint density at radius 1 is 1.01 bits per heavy atom. The molecule has 3 aromatic heterocycles. The number of morpholine rings is 1. The van der Waals surface area contributed by atoms with Crippen LogP contribution in [0.15, 0.2) is 35.8 Å². The number of cyclic esters (lactones) is 1. The van der Waals surface area contributed by atoms with E-state index in [2.05, 4.69) is 42.3 Å². The normalized spacial score (nSPS) is 29.0. The van der Waals surface area contributed by atoms with Crippen LogP contribution in [0.3, 0.4) is 0 Å². The van der Waals surface area contributed by atoms with Crippen molar-refractivity contribution in [1.29, 1.82) is 0 Å². The van der Waals surface area contributed by atoms with Gasteiger partial charge in [0.05, 0.1) is 72.0 Å². The lowest BCUT2D eigenvalue weighted by Crippen LogP contribution is -2.62. The van der Waals surface area contributed by atoms with Crippen LogP contribution >= 0.6 is 11.3 Å². The summed E-state index contributed by atoms with van der Waals surface area (Å²) in [7, 11) is 3.62. The predicted molar refractivity (Wildman–Crippen MR) is 305 cm³/mol. The van der Waals surface area contributed by atoms with E-state index >= 15 is 13.2 Å². The average Bonchev–Trinajstić information content (AvgIpc) is 4.13. The van der Waals surface area contributed by atoms with E-state index in [-0.39, 0.29) is 54.7 Å². The van der Waals surface area contributed by atoms with Gasteiger partial charge in [-0.3, -0.25) is 43.9 Å². The largest absolute Gasteiger partial charge is 0.464 e. The Morgan fingerprint density at radius 2 is 1.82 bits per heavy atom. The van der Waals surface area contributed by atoms with Gasteiger partial charge in [0.25, 0.3) is 5.91 Å². The number of aromatic nitrogens is 3. The summed E-state index contributed by atoms with van der Waals surface area (Å²) in [6.07, 6.45) is 1.89. The number of esters is 1. The van der Waals surface area contributed by atoms with Crippen molar-refractivity contribution in [3.63, 3.8) is 0 Å². The molecule has 9 atom stereocenters. The molecular formula is C60H80F3N11O7S. The number of amides is 3. The molecule has 1 aliphatic carbocycles. The van der Waals surface area contributed by atoms with Gasteiger partial charge in [-0.1, -0.05) is 33.8 Å². The number of hydrazine groups is 1. The van der Waals surface area contributed by atoms with Crippen LogP contribution in [-0.4, -0.2) is 198 Å². The molecule has 12 rings (SSSR count). The fourth-order valence-corrected chi connectivity index (χ4v) is 15.3. The van der Waals surface area contributed by atoms with Crippen molar-refractivity contribution in [2.75, 3.05) is 97.8 Å². The standard InChI is InChI=1S/C60H80F3N11O7S/c1-35(2)50(71-17-14-59(31-71)15-18-72(32-59)56(77)53-51(68(53)6)37-10-11-37)54(75)66-45-25-48-65-46(30-82-48)38-12-13-47-41(23-38)43(26-58(4,5)34-81-57(78)44-9-8-16-74(67-44)55(45)76)52(73(47)33-60(61,62)63)42-24-39(27-64-49(42)36(3)79-7)70-20-19-69-21-22-80-29-40(69)28-70/h12-13,23-24,27,30,35-37,40,44-45,50-51,53,67H,8-11,14-22,25-26,28-29,31-34H2,1-7H3,(H,66,75)/t36-,40-,44-,45-,50-,51+,53+,59-,68?/m0/s1. The van der Waals surface area contributed by atoms with Crippen molar-refractivity contribution < 1.29 is 46.6 Å². The van der Waals surface area contributed by atoms with Crippen LogP contribution in [0, 0.1) is 22.7 Å². The number of anilines is 1. The first-order valence-electron chi connectivity index (χ1n) is 29.7. The number of piperazine rings is 1. The number of fused-ring (bicyclic) bond motifs is 7. The first-order valence-corrected chi connectivity index (χ1v) is 30.6. The zero-order valence-electron chi connectivity index (χ0n) is 48.4. The summed E-state index contributed by atoms with van der Waals surface area (Å²) in [4.78, 5) is 79.2. The molecular weight excluding hydrogens is 1080 g/mol. The van der Waals surface area contributed by atoms with Crippen molar-refractivity contribution in [3.05, 3.63) is 52.1 Å². The minimum atomic E-state index is -4.62. The molecule has 1 spiro atoms. The van der Waals surface area contributed by atoms with Gasteiger partial charge in [0.2, 0.25) is 11.8 Å². The summed E-state index contributed by atoms with van der Waals surface area (Å²) in [5.74, 6) is -0.482. The fourth-order valence-electron chi connectivity index (χ4n) is 14.5. The number of halogens is 3. The van der Waals surface area contributed by atoms with E-state index in [0.717, 1.165) is 31.6 Å². The van der Waals surface area contributed by atoms with Crippen LogP contribution in [0.25, 0.3) is 33.4 Å². The van der Waals surface area contributed by atoms with Crippen molar-refractivity contribution >= 4 is 51.6 Å². The summed E-state index contributed by atoms with van der Waals surface area (Å²) >= 11 is 1.34. The Kier molecular flexibility index (Phi) is 15.6. The monoisotopic (exact) mass is 1160 g/mol. The molecule has 7 aliphatic heterocycles. The van der Waals surface area contributed by atoms with E-state index < -0.39 is 54.2 Å². The minimum Gasteiger partial charge on any atom is -0.464 e. The van der Waals surface area contributed by atoms with Crippen molar-refractivity contribution in [3.8, 4) is 22.5 Å². The zero-order valence-corrected chi connectivity index (χ0v) is 49.3. The summed E-state index contributed by atoms with van der Waals surface area (Å²) < 4.78 is 64.9. The van der Waals surface area contributed by atoms with Gasteiger partial charge in [0.1, 0.15) is 24.7 Å². The molecule has 4 aromatic rings. The zero-order chi connectivity index (χ0) is 57.6. The molecule has 18 nitrogen and oxygen atoms in total. The number of nitrogens with zero attached hydrogens (tertiary/aromatic N) is 9. The Bertz CT molecular complexity index is 3090. The number of rotatable bonds is 11. The Labute approximate surface area is 482 Å². The molecule has 0 radical (unpaired) electrons. The lowest BCUT2D eigenvalue weighted by Gasteiger charge is -2.44. The highest BCUT2D eigenvalue weighted by Gasteiger charge is 2.59. The number of methoxy groups -OCH3 is 1. The number of hydrogen-bond acceptors (Lipinski definition) is 15. The summed E-state index contributed by atoms with van der Waals surface area (Å²) in [6.45, 7) is 15.8. The molecule has 3 amide bonds. The molecule has 22 heteroatoms. The second-order valence-electron chi connectivity index (χ2n) is 26.0. The van der Waals surface area contributed by atoms with E-state index in [1.54, 1.807) is 25.4 Å². The Morgan fingerprint density at radius 3 is 2.59 bits per heavy atom. The highest BCUT2D eigenvalue weighted by molar-refractivity contribution is 7.10. The van der Waals surface area contributed by atoms with Crippen LogP contribution in [-0.2, 0) is 52.8 Å². The highest BCUT2D eigenvalue weighted by atomic mass is 32.1. The SMILES string of the molecule is CO[C@@H](C)c1ncc(N2CCN3CCOC[C@@H]3C2)cc1-c1c2c3cc(ccc3n1CC(F)(F)F)-c1csc(n1)C[C@H](NC(=O)[C@H](C(C)C)N1CC[C@]3(CCN(C(=O)[C@H]4[C@@H](C5CC5)N4C)C3)C1)C(=O)N1CCC[C@H](N1)C(=O)OCC(C)(C)C2. The lowest BCUT2D eigenvalue weighted by atomic mass is 9.84. The maximum absolute atomic E-state index is 15.2. The Balaban J connectivity index is 0.882. The molecule has 1 saturated carbocycles. The molecule has 1 aromatic carbocycles. The quantitative estimate of drug-likeness (QED) is 0.127. The van der Waals surface area contributed by atoms with Crippen LogP contribution in [0.5, 0.6) is 0 Å². The van der Waals surface area contributed by atoms with Gasteiger partial charge in [0.15, 0.2) is 0 Å². The number of ether oxygens (including phenoxy) is 3. The van der Waals surface area contributed by atoms with Crippen LogP contribution in [0.2, 0.25) is 0 Å². The number of hydrogen-bond donors (Lipinski definition) is 2. The molecule has 7 fully saturated rings. The second kappa shape index (κ2) is 22.3. The first kappa shape index (κ1) is 57.2. The minimum absolute atomic E-state index is 0.0219. The summed E-state index contributed by atoms with van der Waals surface area (Å²) in [6, 6.07) is 5.39. The third-order valence-electron chi connectivity index (χ3n) is 19.1. The number of thiazole rings is 1. The smallest absolute Gasteiger partial charge is 0.406 e. The molecule has 1 unspecified atom stereocenters. The van der Waals surface area contributed by atoms with Crippen molar-refractivity contribution in [2.45, 2.75) is 141 Å². The van der Waals surface area contributed by atoms with Gasteiger partial charge >= 0.3 is 12.1 Å². The number of benzene rings is 1. The molecule has 2 N–H and O–H groups in total. The average molecular weight is 1160 g/mol. The van der Waals surface area contributed by atoms with Gasteiger partial charge in [-0.05, 0) is 101 Å².